The number of alkyl halides is 3. The summed E-state index contributed by atoms with van der Waals surface area (Å²) in [6.45, 7) is 2.41. The summed E-state index contributed by atoms with van der Waals surface area (Å²) in [6, 6.07) is 8.81. The minimum absolute atomic E-state index is 0.123. The van der Waals surface area contributed by atoms with Gasteiger partial charge in [-0.05, 0) is 37.1 Å². The lowest BCUT2D eigenvalue weighted by atomic mass is 10.0. The normalized spacial score (nSPS) is 15.7. The highest BCUT2D eigenvalue weighted by Gasteiger charge is 2.30. The highest BCUT2D eigenvalue weighted by atomic mass is 19.4. The molecule has 0 saturated carbocycles. The topological polar surface area (TPSA) is 54.7 Å². The number of nitrogens with zero attached hydrogens (tertiary/aromatic N) is 1. The van der Waals surface area contributed by atoms with Crippen molar-refractivity contribution in [2.24, 2.45) is 0 Å². The van der Waals surface area contributed by atoms with Gasteiger partial charge in [0.05, 0.1) is 25.1 Å². The lowest BCUT2D eigenvalue weighted by molar-refractivity contribution is -0.137. The molecular weight excluding hydrogens is 385 g/mol. The van der Waals surface area contributed by atoms with Crippen LogP contribution in [0.25, 0.3) is 11.3 Å². The third kappa shape index (κ3) is 5.83. The molecular formula is C21H25F3N2O3. The number of hydrogen-bond acceptors (Lipinski definition) is 4. The van der Waals surface area contributed by atoms with E-state index in [-0.39, 0.29) is 5.91 Å². The van der Waals surface area contributed by atoms with E-state index >= 15 is 0 Å². The third-order valence-corrected chi connectivity index (χ3v) is 5.09. The van der Waals surface area contributed by atoms with Gasteiger partial charge in [0.25, 0.3) is 0 Å². The Labute approximate surface area is 167 Å². The number of furan rings is 1. The summed E-state index contributed by atoms with van der Waals surface area (Å²) in [5.41, 5.74) is -0.0751. The van der Waals surface area contributed by atoms with Gasteiger partial charge in [0.2, 0.25) is 5.91 Å². The predicted octanol–water partition coefficient (Wildman–Crippen LogP) is 4.08. The van der Waals surface area contributed by atoms with Crippen LogP contribution in [0.15, 0.2) is 40.8 Å². The van der Waals surface area contributed by atoms with Crippen molar-refractivity contribution in [2.45, 2.75) is 38.0 Å². The Balaban J connectivity index is 1.47. The van der Waals surface area contributed by atoms with Crippen molar-refractivity contribution >= 4 is 5.91 Å². The average Bonchev–Trinajstić information content (AvgIpc) is 3.19. The van der Waals surface area contributed by atoms with E-state index in [1.54, 1.807) is 13.2 Å². The van der Waals surface area contributed by atoms with Crippen LogP contribution in [0.1, 0.15) is 30.6 Å². The van der Waals surface area contributed by atoms with Gasteiger partial charge < -0.3 is 19.4 Å². The molecule has 0 radical (unpaired) electrons. The Bertz CT molecular complexity index is 794. The first-order chi connectivity index (χ1) is 13.9. The van der Waals surface area contributed by atoms with Crippen LogP contribution in [-0.4, -0.2) is 43.7 Å². The van der Waals surface area contributed by atoms with Gasteiger partial charge in [0.1, 0.15) is 11.5 Å². The van der Waals surface area contributed by atoms with Crippen LogP contribution in [0.3, 0.4) is 0 Å². The van der Waals surface area contributed by atoms with E-state index in [9.17, 15) is 18.0 Å². The number of piperidine rings is 1. The molecule has 1 fully saturated rings. The maximum absolute atomic E-state index is 12.7. The first-order valence-electron chi connectivity index (χ1n) is 9.63. The van der Waals surface area contributed by atoms with Crippen molar-refractivity contribution < 1.29 is 27.1 Å². The molecule has 29 heavy (non-hydrogen) atoms. The lowest BCUT2D eigenvalue weighted by Crippen LogP contribution is -2.44. The first kappa shape index (κ1) is 21.4. The molecule has 0 aliphatic carbocycles. The number of rotatable bonds is 7. The smallest absolute Gasteiger partial charge is 0.416 e. The molecule has 1 aromatic heterocycles. The zero-order valence-corrected chi connectivity index (χ0v) is 16.3. The summed E-state index contributed by atoms with van der Waals surface area (Å²) in [5, 5.41) is 3.43. The first-order valence-corrected chi connectivity index (χ1v) is 9.63. The van der Waals surface area contributed by atoms with Gasteiger partial charge >= 0.3 is 6.18 Å². The summed E-state index contributed by atoms with van der Waals surface area (Å²) < 4.78 is 48.7. The number of hydrogen-bond donors (Lipinski definition) is 1. The average molecular weight is 410 g/mol. The maximum Gasteiger partial charge on any atom is 0.416 e. The fourth-order valence-corrected chi connectivity index (χ4v) is 3.38. The van der Waals surface area contributed by atoms with Gasteiger partial charge in [-0.3, -0.25) is 4.79 Å². The molecule has 5 nitrogen and oxygen atoms in total. The van der Waals surface area contributed by atoms with Gasteiger partial charge in [-0.15, -0.1) is 0 Å². The Morgan fingerprint density at radius 1 is 1.17 bits per heavy atom. The van der Waals surface area contributed by atoms with Crippen molar-refractivity contribution in [3.05, 3.63) is 47.7 Å². The fourth-order valence-electron chi connectivity index (χ4n) is 3.38. The molecule has 0 unspecified atom stereocenters. The number of nitrogens with one attached hydrogen (secondary N) is 1. The second kappa shape index (κ2) is 9.45. The Morgan fingerprint density at radius 3 is 2.48 bits per heavy atom. The number of methoxy groups -OCH3 is 1. The third-order valence-electron chi connectivity index (χ3n) is 5.09. The Hall–Kier alpha value is -2.32. The summed E-state index contributed by atoms with van der Waals surface area (Å²) >= 11 is 0. The van der Waals surface area contributed by atoms with E-state index in [0.29, 0.717) is 36.9 Å². The van der Waals surface area contributed by atoms with Crippen molar-refractivity contribution in [3.8, 4) is 11.3 Å². The molecule has 158 valence electrons. The van der Waals surface area contributed by atoms with Crippen molar-refractivity contribution in [3.63, 3.8) is 0 Å². The van der Waals surface area contributed by atoms with E-state index in [4.69, 9.17) is 9.15 Å². The molecule has 2 aromatic rings. The largest absolute Gasteiger partial charge is 0.460 e. The van der Waals surface area contributed by atoms with Gasteiger partial charge in [0, 0.05) is 31.8 Å². The number of ether oxygens (including phenoxy) is 1. The van der Waals surface area contributed by atoms with Crippen LogP contribution < -0.4 is 5.32 Å². The number of benzene rings is 1. The lowest BCUT2D eigenvalue weighted by Gasteiger charge is -2.32. The summed E-state index contributed by atoms with van der Waals surface area (Å²) in [6.07, 6.45) is -2.20. The van der Waals surface area contributed by atoms with E-state index in [2.05, 4.69) is 5.32 Å². The Morgan fingerprint density at radius 2 is 1.86 bits per heavy atom. The number of carbonyl (C=O) groups excluding carboxylic acids is 1. The van der Waals surface area contributed by atoms with E-state index < -0.39 is 11.7 Å². The highest BCUT2D eigenvalue weighted by Crippen LogP contribution is 2.31. The molecule has 1 N–H and O–H groups in total. The highest BCUT2D eigenvalue weighted by molar-refractivity contribution is 5.76. The van der Waals surface area contributed by atoms with Crippen molar-refractivity contribution in [1.82, 2.24) is 10.2 Å². The molecule has 1 amide bonds. The number of amides is 1. The van der Waals surface area contributed by atoms with Crippen molar-refractivity contribution in [1.29, 1.82) is 0 Å². The molecule has 1 aliphatic heterocycles. The second-order valence-electron chi connectivity index (χ2n) is 7.12. The minimum atomic E-state index is -4.35. The zero-order chi connectivity index (χ0) is 20.9. The monoisotopic (exact) mass is 410 g/mol. The zero-order valence-electron chi connectivity index (χ0n) is 16.3. The Kier molecular flexibility index (Phi) is 6.97. The molecule has 1 aromatic carbocycles. The quantitative estimate of drug-likeness (QED) is 0.747. The molecule has 8 heteroatoms. The predicted molar refractivity (Wildman–Crippen MR) is 102 cm³/mol. The standard InChI is InChI=1S/C21H25F3N2O3/c1-28-13-10-20(27)26-11-8-17(9-12-26)25-14-18-6-7-19(29-18)15-2-4-16(5-3-15)21(22,23)24/h2-7,17,25H,8-14H2,1H3. The minimum Gasteiger partial charge on any atom is -0.460 e. The number of likely N-dealkylation sites (tertiary alicyclic amines) is 1. The van der Waals surface area contributed by atoms with Gasteiger partial charge in [-0.1, -0.05) is 12.1 Å². The number of halogens is 3. The van der Waals surface area contributed by atoms with Crippen LogP contribution in [0.4, 0.5) is 13.2 Å². The molecule has 0 atom stereocenters. The maximum atomic E-state index is 12.7. The molecule has 1 aliphatic rings. The van der Waals surface area contributed by atoms with E-state index in [1.165, 1.54) is 12.1 Å². The fraction of sp³-hybridized carbons (Fsp3) is 0.476. The summed E-state index contributed by atoms with van der Waals surface area (Å²) in [4.78, 5) is 13.9. The van der Waals surface area contributed by atoms with Crippen LogP contribution in [0, 0.1) is 0 Å². The van der Waals surface area contributed by atoms with Gasteiger partial charge in [-0.2, -0.15) is 13.2 Å². The molecule has 1 saturated heterocycles. The SMILES string of the molecule is COCCC(=O)N1CCC(NCc2ccc(-c3ccc(C(F)(F)F)cc3)o2)CC1. The molecule has 0 bridgehead atoms. The van der Waals surface area contributed by atoms with Crippen LogP contribution >= 0.6 is 0 Å². The van der Waals surface area contributed by atoms with Gasteiger partial charge in [-0.25, -0.2) is 0 Å². The van der Waals surface area contributed by atoms with Gasteiger partial charge in [0.15, 0.2) is 0 Å². The molecule has 3 rings (SSSR count). The van der Waals surface area contributed by atoms with Crippen molar-refractivity contribution in [2.75, 3.05) is 26.8 Å². The molecule has 2 heterocycles. The van der Waals surface area contributed by atoms with Crippen LogP contribution in [0.5, 0.6) is 0 Å². The summed E-state index contributed by atoms with van der Waals surface area (Å²) in [5.74, 6) is 1.38. The molecule has 0 spiro atoms. The summed E-state index contributed by atoms with van der Waals surface area (Å²) in [7, 11) is 1.58. The van der Waals surface area contributed by atoms with Crippen LogP contribution in [0.2, 0.25) is 0 Å². The van der Waals surface area contributed by atoms with E-state index in [1.807, 2.05) is 11.0 Å². The second-order valence-corrected chi connectivity index (χ2v) is 7.12. The van der Waals surface area contributed by atoms with Crippen LogP contribution in [-0.2, 0) is 22.3 Å². The van der Waals surface area contributed by atoms with E-state index in [0.717, 1.165) is 43.8 Å². The number of carbonyl (C=O) groups is 1.